The van der Waals surface area contributed by atoms with Crippen molar-refractivity contribution in [3.8, 4) is 0 Å². The lowest BCUT2D eigenvalue weighted by Crippen LogP contribution is -2.31. The van der Waals surface area contributed by atoms with E-state index in [1.165, 1.54) is 31.2 Å². The van der Waals surface area contributed by atoms with Crippen molar-refractivity contribution < 1.29 is 0 Å². The van der Waals surface area contributed by atoms with E-state index in [4.69, 9.17) is 0 Å². The molecule has 0 aliphatic heterocycles. The Balaban J connectivity index is 1.86. The summed E-state index contributed by atoms with van der Waals surface area (Å²) in [6.45, 7) is 3.29. The molecule has 0 spiro atoms. The molecular weight excluding hydrogens is 342 g/mol. The molecule has 1 atom stereocenters. The highest BCUT2D eigenvalue weighted by Crippen LogP contribution is 2.28. The molecule has 1 N–H and O–H groups in total. The van der Waals surface area contributed by atoms with Crippen LogP contribution in [0.3, 0.4) is 0 Å². The van der Waals surface area contributed by atoms with Gasteiger partial charge >= 0.3 is 0 Å². The Morgan fingerprint density at radius 1 is 1.24 bits per heavy atom. The van der Waals surface area contributed by atoms with E-state index < -0.39 is 0 Å². The van der Waals surface area contributed by atoms with Crippen molar-refractivity contribution in [3.05, 3.63) is 32.7 Å². The highest BCUT2D eigenvalue weighted by atomic mass is 79.9. The highest BCUT2D eigenvalue weighted by Gasteiger charge is 2.20. The van der Waals surface area contributed by atoms with Crippen molar-refractivity contribution in [2.75, 3.05) is 0 Å². The van der Waals surface area contributed by atoms with E-state index in [1.807, 2.05) is 0 Å². The van der Waals surface area contributed by atoms with Crippen molar-refractivity contribution in [1.82, 2.24) is 5.32 Å². The van der Waals surface area contributed by atoms with Gasteiger partial charge in [0.25, 0.3) is 0 Å². The van der Waals surface area contributed by atoms with Crippen LogP contribution >= 0.6 is 31.9 Å². The molecule has 94 valence electrons. The lowest BCUT2D eigenvalue weighted by Gasteiger charge is -2.20. The average molecular weight is 361 g/mol. The Labute approximate surface area is 121 Å². The fourth-order valence-electron chi connectivity index (χ4n) is 2.55. The Hall–Kier alpha value is 0.140. The minimum absolute atomic E-state index is 0.639. The molecule has 1 aliphatic carbocycles. The maximum absolute atomic E-state index is 3.65. The maximum Gasteiger partial charge on any atom is 0.0320 e. The number of benzene rings is 1. The molecule has 1 saturated carbocycles. The van der Waals surface area contributed by atoms with Gasteiger partial charge in [0.2, 0.25) is 0 Å². The normalized spacial score (nSPS) is 18.5. The molecule has 0 heterocycles. The first-order valence-corrected chi connectivity index (χ1v) is 7.92. The van der Waals surface area contributed by atoms with Gasteiger partial charge in [0, 0.05) is 21.5 Å². The van der Waals surface area contributed by atoms with E-state index in [2.05, 4.69) is 62.3 Å². The number of rotatable bonds is 4. The molecule has 0 radical (unpaired) electrons. The summed E-state index contributed by atoms with van der Waals surface area (Å²) in [7, 11) is 0. The highest BCUT2D eigenvalue weighted by molar-refractivity contribution is 9.13. The van der Waals surface area contributed by atoms with Gasteiger partial charge in [-0.1, -0.05) is 18.9 Å². The second kappa shape index (κ2) is 6.35. The molecule has 3 heteroatoms. The lowest BCUT2D eigenvalue weighted by molar-refractivity contribution is 0.380. The fraction of sp³-hybridized carbons (Fsp3) is 0.571. The molecule has 1 aliphatic rings. The topological polar surface area (TPSA) is 12.0 Å². The van der Waals surface area contributed by atoms with Gasteiger partial charge in [-0.15, -0.1) is 0 Å². The van der Waals surface area contributed by atoms with Crippen molar-refractivity contribution in [1.29, 1.82) is 0 Å². The van der Waals surface area contributed by atoms with Crippen LogP contribution in [0.1, 0.15) is 38.2 Å². The summed E-state index contributed by atoms with van der Waals surface area (Å²) in [6, 6.07) is 7.09. The zero-order valence-electron chi connectivity index (χ0n) is 10.2. The van der Waals surface area contributed by atoms with Gasteiger partial charge in [-0.05, 0) is 75.2 Å². The van der Waals surface area contributed by atoms with Gasteiger partial charge in [0.1, 0.15) is 0 Å². The van der Waals surface area contributed by atoms with Gasteiger partial charge in [-0.25, -0.2) is 0 Å². The first-order valence-electron chi connectivity index (χ1n) is 6.34. The van der Waals surface area contributed by atoms with E-state index in [0.717, 1.165) is 21.4 Å². The second-order valence-corrected chi connectivity index (χ2v) is 6.67. The molecule has 1 aromatic rings. The monoisotopic (exact) mass is 359 g/mol. The van der Waals surface area contributed by atoms with Crippen LogP contribution in [0.25, 0.3) is 0 Å². The molecule has 17 heavy (non-hydrogen) atoms. The van der Waals surface area contributed by atoms with E-state index in [1.54, 1.807) is 0 Å². The summed E-state index contributed by atoms with van der Waals surface area (Å²) in [6.07, 6.45) is 5.64. The van der Waals surface area contributed by atoms with Gasteiger partial charge < -0.3 is 5.32 Å². The maximum atomic E-state index is 3.65. The molecule has 1 nitrogen and oxygen atoms in total. The van der Waals surface area contributed by atoms with E-state index in [-0.39, 0.29) is 0 Å². The third-order valence-electron chi connectivity index (χ3n) is 3.72. The fourth-order valence-corrected chi connectivity index (χ4v) is 3.23. The Bertz CT molecular complexity index is 372. The largest absolute Gasteiger partial charge is 0.310 e. The Morgan fingerprint density at radius 2 is 1.94 bits per heavy atom. The predicted octanol–water partition coefficient (Wildman–Crippen LogP) is 4.88. The lowest BCUT2D eigenvalue weighted by atomic mass is 9.99. The van der Waals surface area contributed by atoms with Crippen LogP contribution in [-0.2, 0) is 6.54 Å². The molecule has 0 saturated heterocycles. The van der Waals surface area contributed by atoms with Crippen molar-refractivity contribution >= 4 is 31.9 Å². The van der Waals surface area contributed by atoms with Crippen LogP contribution < -0.4 is 5.32 Å². The number of hydrogen-bond acceptors (Lipinski definition) is 1. The summed E-state index contributed by atoms with van der Waals surface area (Å²) in [5, 5.41) is 3.65. The predicted molar refractivity (Wildman–Crippen MR) is 80.1 cm³/mol. The van der Waals surface area contributed by atoms with Gasteiger partial charge in [-0.3, -0.25) is 0 Å². The Kier molecular flexibility index (Phi) is 5.07. The van der Waals surface area contributed by atoms with Crippen LogP contribution in [0.2, 0.25) is 0 Å². The smallest absolute Gasteiger partial charge is 0.0320 e. The minimum atomic E-state index is 0.639. The summed E-state index contributed by atoms with van der Waals surface area (Å²) >= 11 is 7.04. The number of nitrogens with one attached hydrogen (secondary N) is 1. The molecule has 0 aromatic heterocycles. The van der Waals surface area contributed by atoms with Crippen LogP contribution in [0, 0.1) is 5.92 Å². The number of hydrogen-bond donors (Lipinski definition) is 1. The molecular formula is C14H19Br2N. The van der Waals surface area contributed by atoms with E-state index in [0.29, 0.717) is 6.04 Å². The third-order valence-corrected chi connectivity index (χ3v) is 5.60. The number of halogens is 2. The van der Waals surface area contributed by atoms with Crippen LogP contribution in [0.15, 0.2) is 27.1 Å². The summed E-state index contributed by atoms with van der Waals surface area (Å²) in [5.74, 6) is 0.883. The van der Waals surface area contributed by atoms with E-state index in [9.17, 15) is 0 Å². The van der Waals surface area contributed by atoms with Crippen molar-refractivity contribution in [2.24, 2.45) is 5.92 Å². The molecule has 1 fully saturated rings. The standard InChI is InChI=1S/C14H19Br2N/c1-10(12-4-2-3-5-12)17-9-11-6-7-13(15)14(16)8-11/h6-8,10,12,17H,2-5,9H2,1H3/t10-/m0/s1. The van der Waals surface area contributed by atoms with Gasteiger partial charge in [0.15, 0.2) is 0 Å². The zero-order chi connectivity index (χ0) is 12.3. The quantitative estimate of drug-likeness (QED) is 0.806. The van der Waals surface area contributed by atoms with E-state index >= 15 is 0 Å². The molecule has 0 unspecified atom stereocenters. The summed E-state index contributed by atoms with van der Waals surface area (Å²) in [5.41, 5.74) is 1.34. The van der Waals surface area contributed by atoms with Gasteiger partial charge in [-0.2, -0.15) is 0 Å². The van der Waals surface area contributed by atoms with Crippen LogP contribution in [0.4, 0.5) is 0 Å². The molecule has 0 bridgehead atoms. The SMILES string of the molecule is C[C@H](NCc1ccc(Br)c(Br)c1)C1CCCC1. The molecule has 2 rings (SSSR count). The summed E-state index contributed by atoms with van der Waals surface area (Å²) in [4.78, 5) is 0. The molecule has 0 amide bonds. The minimum Gasteiger partial charge on any atom is -0.310 e. The molecule has 1 aromatic carbocycles. The summed E-state index contributed by atoms with van der Waals surface area (Å²) < 4.78 is 2.25. The van der Waals surface area contributed by atoms with Crippen LogP contribution in [0.5, 0.6) is 0 Å². The average Bonchev–Trinajstić information content (AvgIpc) is 2.84. The first kappa shape index (κ1) is 13.6. The Morgan fingerprint density at radius 3 is 2.59 bits per heavy atom. The third kappa shape index (κ3) is 3.80. The van der Waals surface area contributed by atoms with Gasteiger partial charge in [0.05, 0.1) is 0 Å². The van der Waals surface area contributed by atoms with Crippen LogP contribution in [-0.4, -0.2) is 6.04 Å². The van der Waals surface area contributed by atoms with Crippen molar-refractivity contribution in [3.63, 3.8) is 0 Å². The second-order valence-electron chi connectivity index (χ2n) is 4.96. The first-order chi connectivity index (χ1) is 8.16. The zero-order valence-corrected chi connectivity index (χ0v) is 13.4. The van der Waals surface area contributed by atoms with Crippen molar-refractivity contribution in [2.45, 2.75) is 45.2 Å².